The molecule has 9 heteroatoms. The number of nitrogens with one attached hydrogen (secondary N) is 1. The molecule has 0 saturated carbocycles. The first kappa shape index (κ1) is 19.1. The summed E-state index contributed by atoms with van der Waals surface area (Å²) in [5.74, 6) is -6.51. The molecule has 1 atom stereocenters. The van der Waals surface area contributed by atoms with E-state index in [-0.39, 0.29) is 15.6 Å². The minimum Gasteiger partial charge on any atom is -0.449 e. The van der Waals surface area contributed by atoms with Gasteiger partial charge in [0.2, 0.25) is 0 Å². The van der Waals surface area contributed by atoms with E-state index in [1.165, 1.54) is 25.1 Å². The summed E-state index contributed by atoms with van der Waals surface area (Å²) >= 11 is 11.5. The van der Waals surface area contributed by atoms with Gasteiger partial charge in [-0.1, -0.05) is 23.2 Å². The lowest BCUT2D eigenvalue weighted by Gasteiger charge is -2.14. The molecule has 0 aliphatic carbocycles. The van der Waals surface area contributed by atoms with Crippen molar-refractivity contribution < 1.29 is 27.5 Å². The van der Waals surface area contributed by atoms with E-state index in [0.717, 1.165) is 6.07 Å². The number of carbonyl (C=O) groups is 2. The highest BCUT2D eigenvalue weighted by molar-refractivity contribution is 6.35. The average Bonchev–Trinajstić information content (AvgIpc) is 2.54. The maximum atomic E-state index is 13.5. The molecule has 0 spiro atoms. The first-order valence-corrected chi connectivity index (χ1v) is 7.56. The van der Waals surface area contributed by atoms with Gasteiger partial charge >= 0.3 is 5.97 Å². The Morgan fingerprint density at radius 2 is 1.64 bits per heavy atom. The largest absolute Gasteiger partial charge is 0.449 e. The quantitative estimate of drug-likeness (QED) is 0.612. The maximum absolute atomic E-state index is 13.5. The smallest absolute Gasteiger partial charge is 0.339 e. The highest BCUT2D eigenvalue weighted by atomic mass is 35.5. The van der Waals surface area contributed by atoms with Gasteiger partial charge in [-0.15, -0.1) is 0 Å². The topological polar surface area (TPSA) is 55.4 Å². The highest BCUT2D eigenvalue weighted by Crippen LogP contribution is 2.21. The Bertz CT molecular complexity index is 825. The molecule has 0 fully saturated rings. The number of hydrogen-bond donors (Lipinski definition) is 1. The van der Waals surface area contributed by atoms with E-state index < -0.39 is 41.1 Å². The van der Waals surface area contributed by atoms with Crippen molar-refractivity contribution in [3.63, 3.8) is 0 Å². The number of rotatable bonds is 4. The predicted octanol–water partition coefficient (Wildman–Crippen LogP) is 4.59. The van der Waals surface area contributed by atoms with Crippen LogP contribution in [0.3, 0.4) is 0 Å². The van der Waals surface area contributed by atoms with E-state index >= 15 is 0 Å². The first-order chi connectivity index (χ1) is 11.7. The molecule has 0 bridgehead atoms. The third-order valence-electron chi connectivity index (χ3n) is 3.04. The molecule has 4 nitrogen and oxygen atoms in total. The Hall–Kier alpha value is -2.25. The van der Waals surface area contributed by atoms with Crippen LogP contribution in [-0.2, 0) is 9.53 Å². The Kier molecular flexibility index (Phi) is 5.92. The number of hydrogen-bond acceptors (Lipinski definition) is 3. The fourth-order valence-electron chi connectivity index (χ4n) is 1.81. The molecule has 132 valence electrons. The zero-order valence-electron chi connectivity index (χ0n) is 12.6. The summed E-state index contributed by atoms with van der Waals surface area (Å²) in [7, 11) is 0. The summed E-state index contributed by atoms with van der Waals surface area (Å²) in [5.41, 5.74) is -0.575. The van der Waals surface area contributed by atoms with Gasteiger partial charge in [-0.25, -0.2) is 18.0 Å². The fraction of sp³-hybridized carbons (Fsp3) is 0.125. The second-order valence-corrected chi connectivity index (χ2v) is 5.79. The summed E-state index contributed by atoms with van der Waals surface area (Å²) in [6.07, 6.45) is -1.35. The van der Waals surface area contributed by atoms with Crippen molar-refractivity contribution >= 4 is 40.8 Å². The van der Waals surface area contributed by atoms with E-state index in [0.29, 0.717) is 6.07 Å². The Balaban J connectivity index is 2.07. The van der Waals surface area contributed by atoms with Crippen LogP contribution in [-0.4, -0.2) is 18.0 Å². The van der Waals surface area contributed by atoms with Gasteiger partial charge in [0.1, 0.15) is 0 Å². The predicted molar refractivity (Wildman–Crippen MR) is 86.3 cm³/mol. The second kappa shape index (κ2) is 7.76. The van der Waals surface area contributed by atoms with Crippen LogP contribution in [0.1, 0.15) is 17.3 Å². The number of amides is 1. The number of anilines is 1. The Morgan fingerprint density at radius 3 is 2.24 bits per heavy atom. The summed E-state index contributed by atoms with van der Waals surface area (Å²) in [6.45, 7) is 1.22. The Morgan fingerprint density at radius 1 is 1.04 bits per heavy atom. The van der Waals surface area contributed by atoms with Crippen LogP contribution >= 0.6 is 23.2 Å². The van der Waals surface area contributed by atoms with Crippen molar-refractivity contribution in [1.29, 1.82) is 0 Å². The molecule has 2 rings (SSSR count). The van der Waals surface area contributed by atoms with Gasteiger partial charge in [-0.05, 0) is 37.3 Å². The third kappa shape index (κ3) is 4.64. The van der Waals surface area contributed by atoms with Crippen molar-refractivity contribution in [2.45, 2.75) is 13.0 Å². The van der Waals surface area contributed by atoms with Gasteiger partial charge in [0.05, 0.1) is 11.3 Å². The normalized spacial score (nSPS) is 11.8. The number of esters is 1. The zero-order chi connectivity index (χ0) is 18.7. The lowest BCUT2D eigenvalue weighted by atomic mass is 10.2. The summed E-state index contributed by atoms with van der Waals surface area (Å²) in [5, 5.41) is 2.40. The molecule has 25 heavy (non-hydrogen) atoms. The molecule has 0 heterocycles. The second-order valence-electron chi connectivity index (χ2n) is 4.92. The number of halogens is 5. The van der Waals surface area contributed by atoms with Gasteiger partial charge < -0.3 is 10.1 Å². The van der Waals surface area contributed by atoms with Gasteiger partial charge in [0.15, 0.2) is 23.6 Å². The average molecular weight is 392 g/mol. The van der Waals surface area contributed by atoms with E-state index in [9.17, 15) is 22.8 Å². The molecule has 0 aliphatic heterocycles. The lowest BCUT2D eigenvalue weighted by molar-refractivity contribution is -0.123. The van der Waals surface area contributed by atoms with Crippen LogP contribution in [0.2, 0.25) is 10.0 Å². The lowest BCUT2D eigenvalue weighted by Crippen LogP contribution is -2.30. The van der Waals surface area contributed by atoms with E-state index in [2.05, 4.69) is 0 Å². The van der Waals surface area contributed by atoms with Crippen LogP contribution in [0.25, 0.3) is 0 Å². The van der Waals surface area contributed by atoms with Gasteiger partial charge in [0, 0.05) is 10.0 Å². The molecule has 0 aromatic heterocycles. The molecule has 0 saturated heterocycles. The van der Waals surface area contributed by atoms with Crippen molar-refractivity contribution in [2.24, 2.45) is 0 Å². The number of ether oxygens (including phenoxy) is 1. The number of carbonyl (C=O) groups excluding carboxylic acids is 2. The van der Waals surface area contributed by atoms with Gasteiger partial charge in [-0.2, -0.15) is 0 Å². The minimum atomic E-state index is -1.73. The van der Waals surface area contributed by atoms with Crippen molar-refractivity contribution in [1.82, 2.24) is 0 Å². The molecule has 1 N–H and O–H groups in total. The standard InChI is InChI=1S/C16H10Cl2F3NO3/c1-7(25-16(24)8-4-9(17)6-10(18)5-8)15(23)22-12-3-2-11(19)13(20)14(12)21/h2-7H,1H3,(H,22,23)/t7-/m0/s1. The molecule has 0 radical (unpaired) electrons. The number of benzene rings is 2. The molecular weight excluding hydrogens is 382 g/mol. The van der Waals surface area contributed by atoms with Crippen molar-refractivity contribution in [3.8, 4) is 0 Å². The molecule has 2 aromatic carbocycles. The van der Waals surface area contributed by atoms with Crippen LogP contribution in [0.4, 0.5) is 18.9 Å². The molecule has 0 aliphatic rings. The van der Waals surface area contributed by atoms with Crippen LogP contribution in [0, 0.1) is 17.5 Å². The van der Waals surface area contributed by atoms with Gasteiger partial charge in [0.25, 0.3) is 5.91 Å². The minimum absolute atomic E-state index is 0.0103. The van der Waals surface area contributed by atoms with Crippen molar-refractivity contribution in [2.75, 3.05) is 5.32 Å². The first-order valence-electron chi connectivity index (χ1n) is 6.80. The van der Waals surface area contributed by atoms with Crippen LogP contribution < -0.4 is 5.32 Å². The molecule has 1 amide bonds. The highest BCUT2D eigenvalue weighted by Gasteiger charge is 2.22. The zero-order valence-corrected chi connectivity index (χ0v) is 14.1. The molecular formula is C16H10Cl2F3NO3. The monoisotopic (exact) mass is 391 g/mol. The third-order valence-corrected chi connectivity index (χ3v) is 3.48. The van der Waals surface area contributed by atoms with Crippen LogP contribution in [0.5, 0.6) is 0 Å². The van der Waals surface area contributed by atoms with E-state index in [1.807, 2.05) is 5.32 Å². The fourth-order valence-corrected chi connectivity index (χ4v) is 2.34. The molecule has 2 aromatic rings. The molecule has 0 unspecified atom stereocenters. The maximum Gasteiger partial charge on any atom is 0.339 e. The van der Waals surface area contributed by atoms with Crippen LogP contribution in [0.15, 0.2) is 30.3 Å². The summed E-state index contributed by atoms with van der Waals surface area (Å²) < 4.78 is 44.5. The SMILES string of the molecule is C[C@H](OC(=O)c1cc(Cl)cc(Cl)c1)C(=O)Nc1ccc(F)c(F)c1F. The Labute approximate surface area is 150 Å². The summed E-state index contributed by atoms with van der Waals surface area (Å²) in [6, 6.07) is 5.47. The van der Waals surface area contributed by atoms with Crippen molar-refractivity contribution in [3.05, 3.63) is 63.4 Å². The van der Waals surface area contributed by atoms with Gasteiger partial charge in [-0.3, -0.25) is 4.79 Å². The van der Waals surface area contributed by atoms with E-state index in [1.54, 1.807) is 0 Å². The summed E-state index contributed by atoms with van der Waals surface area (Å²) in [4.78, 5) is 23.9. The van der Waals surface area contributed by atoms with E-state index in [4.69, 9.17) is 27.9 Å².